The molecule has 1 amide bonds. The van der Waals surface area contributed by atoms with Gasteiger partial charge in [0.05, 0.1) is 36.2 Å². The van der Waals surface area contributed by atoms with E-state index >= 15 is 8.78 Å². The quantitative estimate of drug-likeness (QED) is 0.261. The first kappa shape index (κ1) is 31.3. The Morgan fingerprint density at radius 1 is 0.878 bits per heavy atom. The summed E-state index contributed by atoms with van der Waals surface area (Å²) < 4.78 is 123. The minimum atomic E-state index is -5.25. The molecule has 0 fully saturated rings. The van der Waals surface area contributed by atoms with E-state index in [1.165, 1.54) is 23.5 Å². The molecule has 1 aromatic heterocycles. The van der Waals surface area contributed by atoms with Crippen LogP contribution in [-0.2, 0) is 16.0 Å². The minimum Gasteiger partial charge on any atom is -0.464 e. The number of anilines is 1. The first-order chi connectivity index (χ1) is 18.8. The SMILES string of the molecule is BC(B)(B)c1c(Oc2ccc(C(F)(F)F)c(F)c2C(=O)Nc2ccnc(C(=O)OC)c2)ccc(OC(F)(F)F)c1F. The van der Waals surface area contributed by atoms with Gasteiger partial charge in [-0.05, 0) is 36.4 Å². The van der Waals surface area contributed by atoms with Crippen LogP contribution in [0, 0.1) is 11.6 Å². The number of hydrogen-bond acceptors (Lipinski definition) is 6. The predicted molar refractivity (Wildman–Crippen MR) is 135 cm³/mol. The molecule has 0 unspecified atom stereocenters. The van der Waals surface area contributed by atoms with Gasteiger partial charge in [0.25, 0.3) is 5.91 Å². The number of hydrogen-bond donors (Lipinski definition) is 1. The Hall–Kier alpha value is -4.24. The van der Waals surface area contributed by atoms with Crippen molar-refractivity contribution in [2.75, 3.05) is 12.4 Å². The summed E-state index contributed by atoms with van der Waals surface area (Å²) in [5, 5.41) is 0.842. The summed E-state index contributed by atoms with van der Waals surface area (Å²) in [6, 6.07) is 4.40. The molecule has 1 heterocycles. The van der Waals surface area contributed by atoms with E-state index in [1.807, 2.05) is 0 Å². The second-order valence-electron chi connectivity index (χ2n) is 9.32. The predicted octanol–water partition coefficient (Wildman–Crippen LogP) is 3.12. The maximum absolute atomic E-state index is 15.2. The third-order valence-corrected chi connectivity index (χ3v) is 5.31. The first-order valence-electron chi connectivity index (χ1n) is 11.4. The maximum Gasteiger partial charge on any atom is 0.573 e. The summed E-state index contributed by atoms with van der Waals surface area (Å²) in [5.74, 6) is -8.52. The summed E-state index contributed by atoms with van der Waals surface area (Å²) in [4.78, 5) is 28.5. The number of alkyl halides is 6. The molecular formula is C23H17B3F8N2O5. The molecule has 0 aliphatic heterocycles. The molecule has 0 saturated carbocycles. The first-order valence-corrected chi connectivity index (χ1v) is 11.4. The second kappa shape index (κ2) is 11.3. The molecule has 0 bridgehead atoms. The van der Waals surface area contributed by atoms with Crippen LogP contribution < -0.4 is 14.8 Å². The Labute approximate surface area is 229 Å². The highest BCUT2D eigenvalue weighted by atomic mass is 19.4. The third kappa shape index (κ3) is 7.29. The van der Waals surface area contributed by atoms with Crippen molar-refractivity contribution >= 4 is 41.1 Å². The highest BCUT2D eigenvalue weighted by Crippen LogP contribution is 2.41. The van der Waals surface area contributed by atoms with E-state index in [4.69, 9.17) is 4.74 Å². The molecule has 1 N–H and O–H groups in total. The molecule has 3 rings (SSSR count). The topological polar surface area (TPSA) is 86.8 Å². The fraction of sp³-hybridized carbons (Fsp3) is 0.174. The molecule has 0 saturated heterocycles. The molecule has 7 nitrogen and oxygen atoms in total. The Morgan fingerprint density at radius 3 is 2.05 bits per heavy atom. The van der Waals surface area contributed by atoms with Gasteiger partial charge in [0.1, 0.15) is 22.8 Å². The van der Waals surface area contributed by atoms with Gasteiger partial charge in [-0.2, -0.15) is 13.2 Å². The highest BCUT2D eigenvalue weighted by molar-refractivity contribution is 6.59. The number of benzene rings is 2. The maximum atomic E-state index is 15.2. The van der Waals surface area contributed by atoms with E-state index in [0.29, 0.717) is 12.1 Å². The zero-order chi connectivity index (χ0) is 30.9. The number of nitrogens with one attached hydrogen (secondary N) is 1. The number of aromatic nitrogens is 1. The zero-order valence-electron chi connectivity index (χ0n) is 21.6. The van der Waals surface area contributed by atoms with Gasteiger partial charge in [0, 0.05) is 17.4 Å². The fourth-order valence-electron chi connectivity index (χ4n) is 3.64. The van der Waals surface area contributed by atoms with Crippen LogP contribution in [-0.4, -0.2) is 53.9 Å². The van der Waals surface area contributed by atoms with E-state index in [9.17, 15) is 35.9 Å². The summed E-state index contributed by atoms with van der Waals surface area (Å²) in [6.45, 7) is 0. The van der Waals surface area contributed by atoms with Crippen LogP contribution in [0.15, 0.2) is 42.6 Å². The van der Waals surface area contributed by atoms with Crippen LogP contribution in [0.1, 0.15) is 32.0 Å². The average Bonchev–Trinajstić information content (AvgIpc) is 2.83. The highest BCUT2D eigenvalue weighted by Gasteiger charge is 2.38. The van der Waals surface area contributed by atoms with E-state index < -0.39 is 75.1 Å². The van der Waals surface area contributed by atoms with Crippen molar-refractivity contribution in [2.24, 2.45) is 0 Å². The van der Waals surface area contributed by atoms with Crippen molar-refractivity contribution in [3.05, 3.63) is 76.6 Å². The van der Waals surface area contributed by atoms with E-state index in [1.54, 1.807) is 0 Å². The summed E-state index contributed by atoms with van der Waals surface area (Å²) in [5.41, 5.74) is -4.10. The van der Waals surface area contributed by atoms with Crippen molar-refractivity contribution in [3.8, 4) is 17.2 Å². The van der Waals surface area contributed by atoms with Gasteiger partial charge in [-0.25, -0.2) is 18.6 Å². The van der Waals surface area contributed by atoms with Crippen molar-refractivity contribution in [3.63, 3.8) is 0 Å². The number of esters is 1. The van der Waals surface area contributed by atoms with Crippen LogP contribution in [0.3, 0.4) is 0 Å². The minimum absolute atomic E-state index is 0.191. The van der Waals surface area contributed by atoms with Gasteiger partial charge >= 0.3 is 18.5 Å². The molecule has 3 aromatic rings. The lowest BCUT2D eigenvalue weighted by molar-refractivity contribution is -0.275. The molecular weight excluding hydrogens is 569 g/mol. The summed E-state index contributed by atoms with van der Waals surface area (Å²) in [6.07, 6.45) is -9.43. The van der Waals surface area contributed by atoms with E-state index in [-0.39, 0.29) is 17.4 Å². The lowest BCUT2D eigenvalue weighted by Gasteiger charge is -2.25. The molecule has 214 valence electrons. The number of carbonyl (C=O) groups excluding carboxylic acids is 2. The van der Waals surface area contributed by atoms with Crippen molar-refractivity contribution in [1.29, 1.82) is 0 Å². The number of rotatable bonds is 7. The van der Waals surface area contributed by atoms with Crippen LogP contribution in [0.25, 0.3) is 0 Å². The van der Waals surface area contributed by atoms with Crippen molar-refractivity contribution in [2.45, 2.75) is 17.7 Å². The summed E-state index contributed by atoms with van der Waals surface area (Å²) in [7, 11) is 5.21. The van der Waals surface area contributed by atoms with Gasteiger partial charge in [-0.3, -0.25) is 4.79 Å². The Balaban J connectivity index is 2.15. The molecule has 0 aliphatic rings. The average molecular weight is 586 g/mol. The van der Waals surface area contributed by atoms with Crippen LogP contribution in [0.5, 0.6) is 17.2 Å². The number of pyridine rings is 1. The van der Waals surface area contributed by atoms with Gasteiger partial charge < -0.3 is 19.5 Å². The fourth-order valence-corrected chi connectivity index (χ4v) is 3.64. The number of nitrogens with zero attached hydrogens (tertiary/aromatic N) is 1. The van der Waals surface area contributed by atoms with Gasteiger partial charge in [-0.1, -0.05) is 5.11 Å². The summed E-state index contributed by atoms with van der Waals surface area (Å²) >= 11 is 0. The van der Waals surface area contributed by atoms with E-state index in [0.717, 1.165) is 31.5 Å². The largest absolute Gasteiger partial charge is 0.573 e. The number of methoxy groups -OCH3 is 1. The standard InChI is InChI=1S/C23H17B3F8N2O5/c1-39-20(38)11-8-9(6-7-35-11)36-19(37)15-12(3-2-10(17(15)27)22(29,30)31)40-13-4-5-14(41-23(32,33)34)18(28)16(13)21(24,25)26/h2-8H,24-26H2,1H3,(H,35,36,37). The van der Waals surface area contributed by atoms with Crippen molar-refractivity contribution in [1.82, 2.24) is 4.98 Å². The third-order valence-electron chi connectivity index (χ3n) is 5.31. The Morgan fingerprint density at radius 2 is 1.49 bits per heavy atom. The number of carbonyl (C=O) groups is 2. The molecule has 0 atom stereocenters. The van der Waals surface area contributed by atoms with Crippen LogP contribution in [0.2, 0.25) is 0 Å². The molecule has 0 spiro atoms. The van der Waals surface area contributed by atoms with Crippen LogP contribution >= 0.6 is 0 Å². The molecule has 2 aromatic carbocycles. The zero-order valence-corrected chi connectivity index (χ0v) is 21.6. The number of amides is 1. The second-order valence-corrected chi connectivity index (χ2v) is 9.32. The number of halogens is 8. The lowest BCUT2D eigenvalue weighted by Crippen LogP contribution is -2.30. The number of ether oxygens (including phenoxy) is 3. The molecule has 41 heavy (non-hydrogen) atoms. The molecule has 18 heteroatoms. The molecule has 0 radical (unpaired) electrons. The molecule has 0 aliphatic carbocycles. The smallest absolute Gasteiger partial charge is 0.464 e. The van der Waals surface area contributed by atoms with Gasteiger partial charge in [-0.15, -0.1) is 13.2 Å². The Bertz CT molecular complexity index is 1490. The van der Waals surface area contributed by atoms with Crippen molar-refractivity contribution < 1.29 is 58.9 Å². The van der Waals surface area contributed by atoms with Crippen LogP contribution in [0.4, 0.5) is 40.8 Å². The Kier molecular flexibility index (Phi) is 8.65. The normalized spacial score (nSPS) is 12.0. The lowest BCUT2D eigenvalue weighted by atomic mass is 9.40. The monoisotopic (exact) mass is 586 g/mol. The van der Waals surface area contributed by atoms with E-state index in [2.05, 4.69) is 19.8 Å². The van der Waals surface area contributed by atoms with Gasteiger partial charge in [0.15, 0.2) is 17.4 Å². The van der Waals surface area contributed by atoms with Gasteiger partial charge in [0.2, 0.25) is 0 Å².